The van der Waals surface area contributed by atoms with Crippen LogP contribution in [-0.2, 0) is 47.6 Å². The molecule has 0 aromatic heterocycles. The smallest absolute Gasteiger partial charge is 0.339 e. The average molecular weight is 653 g/mol. The van der Waals surface area contributed by atoms with Gasteiger partial charge in [0.15, 0.2) is 12.2 Å². The summed E-state index contributed by atoms with van der Waals surface area (Å²) in [5.41, 5.74) is 1.95. The number of carbonyl (C=O) groups excluding carboxylic acids is 4. The highest BCUT2D eigenvalue weighted by atomic mass is 79.9. The second-order valence-electron chi connectivity index (χ2n) is 10.3. The fourth-order valence-corrected chi connectivity index (χ4v) is 4.83. The highest BCUT2D eigenvalue weighted by molar-refractivity contribution is 5.77. The van der Waals surface area contributed by atoms with Crippen LogP contribution in [0.2, 0.25) is 0 Å². The summed E-state index contributed by atoms with van der Waals surface area (Å²) in [5.74, 6) is -3.00. The van der Waals surface area contributed by atoms with Crippen LogP contribution in [0.5, 0.6) is 0 Å². The normalized spacial score (nSPS) is 21.9. The lowest BCUT2D eigenvalue weighted by Gasteiger charge is -2.48. The molecule has 42 heavy (non-hydrogen) atoms. The number of hydrogen-bond acceptors (Lipinski definition) is 10. The van der Waals surface area contributed by atoms with E-state index in [1.807, 2.05) is 60.7 Å². The maximum atomic E-state index is 12.8. The first-order chi connectivity index (χ1) is 19.4. The standard InChI is InChI=1S/C30H38NO10.BrH/c1-19(32)38-25-26(39-20(2)33)28(30(35)36-6)41-29(27(25)40-21(3)34)31(4,5)17-18-37-24(22-13-9-7-10-14-22)23-15-11-8-12-16-23;/h7-16,24-29H,17-18H2,1-6H3;1H/q+1;/p-1/t25?,26-,27+,28-,29+;/m0./s1. The highest BCUT2D eigenvalue weighted by Crippen LogP contribution is 2.33. The van der Waals surface area contributed by atoms with Gasteiger partial charge >= 0.3 is 23.9 Å². The van der Waals surface area contributed by atoms with Gasteiger partial charge in [-0.3, -0.25) is 18.9 Å². The molecule has 11 nitrogen and oxygen atoms in total. The van der Waals surface area contributed by atoms with Crippen molar-refractivity contribution in [1.82, 2.24) is 0 Å². The zero-order valence-corrected chi connectivity index (χ0v) is 26.1. The van der Waals surface area contributed by atoms with Gasteiger partial charge in [-0.25, -0.2) is 4.79 Å². The van der Waals surface area contributed by atoms with E-state index in [1.165, 1.54) is 6.92 Å². The summed E-state index contributed by atoms with van der Waals surface area (Å²) in [6, 6.07) is 19.6. The molecular formula is C30H38BrNO10. The summed E-state index contributed by atoms with van der Waals surface area (Å²) in [6.07, 6.45) is -6.82. The molecular weight excluding hydrogens is 614 g/mol. The summed E-state index contributed by atoms with van der Waals surface area (Å²) >= 11 is 0. The third kappa shape index (κ3) is 9.09. The zero-order chi connectivity index (χ0) is 30.2. The number of quaternary nitrogens is 1. The molecule has 1 saturated heterocycles. The van der Waals surface area contributed by atoms with Gasteiger partial charge in [-0.1, -0.05) is 60.7 Å². The minimum atomic E-state index is -1.45. The quantitative estimate of drug-likeness (QED) is 0.180. The Morgan fingerprint density at radius 3 is 1.67 bits per heavy atom. The number of hydrogen-bond donors (Lipinski definition) is 0. The highest BCUT2D eigenvalue weighted by Gasteiger charge is 2.59. The zero-order valence-electron chi connectivity index (χ0n) is 24.6. The molecule has 1 aliphatic rings. The number of benzene rings is 2. The van der Waals surface area contributed by atoms with Crippen molar-refractivity contribution in [2.75, 3.05) is 34.4 Å². The number of rotatable bonds is 11. The summed E-state index contributed by atoms with van der Waals surface area (Å²) in [7, 11) is 4.76. The van der Waals surface area contributed by atoms with Gasteiger partial charge in [0.1, 0.15) is 12.6 Å². The molecule has 5 atom stereocenters. The van der Waals surface area contributed by atoms with E-state index in [0.717, 1.165) is 32.1 Å². The molecule has 2 aromatic rings. The maximum absolute atomic E-state index is 12.8. The van der Waals surface area contributed by atoms with Crippen molar-refractivity contribution >= 4 is 23.9 Å². The minimum absolute atomic E-state index is 0. The van der Waals surface area contributed by atoms with Crippen LogP contribution in [0.4, 0.5) is 0 Å². The molecule has 12 heteroatoms. The van der Waals surface area contributed by atoms with E-state index in [4.69, 9.17) is 28.4 Å². The SMILES string of the molecule is COC(=O)[C@H]1O[C@@H]([N+](C)(C)CCOC(c2ccccc2)c2ccccc2)[C@H](OC(C)=O)C(OC(C)=O)[C@@H]1OC(C)=O.[Br-]. The Kier molecular flexibility index (Phi) is 13.1. The van der Waals surface area contributed by atoms with Crippen LogP contribution < -0.4 is 17.0 Å². The number of carbonyl (C=O) groups is 4. The molecule has 0 aliphatic carbocycles. The number of esters is 4. The fourth-order valence-electron chi connectivity index (χ4n) is 4.83. The van der Waals surface area contributed by atoms with Crippen LogP contribution in [0.25, 0.3) is 0 Å². The molecule has 1 fully saturated rings. The minimum Gasteiger partial charge on any atom is -1.00 e. The Labute approximate surface area is 256 Å². The number of methoxy groups -OCH3 is 1. The number of ether oxygens (including phenoxy) is 6. The molecule has 1 heterocycles. The largest absolute Gasteiger partial charge is 1.00 e. The van der Waals surface area contributed by atoms with Gasteiger partial charge in [0.25, 0.3) is 0 Å². The molecule has 2 aromatic carbocycles. The Morgan fingerprint density at radius 1 is 0.762 bits per heavy atom. The molecule has 0 amide bonds. The number of nitrogens with zero attached hydrogens (tertiary/aromatic N) is 1. The molecule has 230 valence electrons. The van der Waals surface area contributed by atoms with Crippen molar-refractivity contribution in [3.05, 3.63) is 71.8 Å². The van der Waals surface area contributed by atoms with E-state index < -0.39 is 54.5 Å². The average Bonchev–Trinajstić information content (AvgIpc) is 2.92. The van der Waals surface area contributed by atoms with Gasteiger partial charge in [-0.15, -0.1) is 0 Å². The van der Waals surface area contributed by atoms with Crippen molar-refractivity contribution < 1.29 is 69.1 Å². The van der Waals surface area contributed by atoms with Crippen LogP contribution in [-0.4, -0.2) is 93.4 Å². The van der Waals surface area contributed by atoms with Crippen LogP contribution in [0.1, 0.15) is 38.0 Å². The number of halogens is 1. The van der Waals surface area contributed by atoms with Crippen molar-refractivity contribution in [3.63, 3.8) is 0 Å². The predicted molar refractivity (Wildman–Crippen MR) is 145 cm³/mol. The van der Waals surface area contributed by atoms with Crippen LogP contribution >= 0.6 is 0 Å². The Hall–Kier alpha value is -3.32. The van der Waals surface area contributed by atoms with Gasteiger partial charge in [-0.2, -0.15) is 0 Å². The first kappa shape index (κ1) is 34.9. The Bertz CT molecular complexity index is 1150. The molecule has 0 radical (unpaired) electrons. The van der Waals surface area contributed by atoms with Crippen LogP contribution in [0, 0.1) is 0 Å². The van der Waals surface area contributed by atoms with E-state index in [1.54, 1.807) is 14.1 Å². The van der Waals surface area contributed by atoms with Crippen molar-refractivity contribution in [1.29, 1.82) is 0 Å². The summed E-state index contributed by atoms with van der Waals surface area (Å²) in [5, 5.41) is 0. The van der Waals surface area contributed by atoms with Gasteiger partial charge in [0, 0.05) is 20.8 Å². The van der Waals surface area contributed by atoms with E-state index >= 15 is 0 Å². The van der Waals surface area contributed by atoms with Gasteiger partial charge < -0.3 is 45.4 Å². The van der Waals surface area contributed by atoms with E-state index in [-0.39, 0.29) is 34.2 Å². The summed E-state index contributed by atoms with van der Waals surface area (Å²) in [4.78, 5) is 49.0. The number of likely N-dealkylation sites (N-methyl/N-ethyl adjacent to an activating group) is 1. The first-order valence-corrected chi connectivity index (χ1v) is 13.2. The molecule has 0 spiro atoms. The lowest BCUT2D eigenvalue weighted by Crippen LogP contribution is -3.00. The van der Waals surface area contributed by atoms with Crippen LogP contribution in [0.3, 0.4) is 0 Å². The first-order valence-electron chi connectivity index (χ1n) is 13.2. The third-order valence-electron chi connectivity index (χ3n) is 6.70. The Balaban J connectivity index is 0.00000616. The van der Waals surface area contributed by atoms with Gasteiger partial charge in [0.05, 0.1) is 27.8 Å². The van der Waals surface area contributed by atoms with Crippen molar-refractivity contribution in [2.24, 2.45) is 0 Å². The fraction of sp³-hybridized carbons (Fsp3) is 0.467. The monoisotopic (exact) mass is 651 g/mol. The molecule has 0 N–H and O–H groups in total. The maximum Gasteiger partial charge on any atom is 0.339 e. The van der Waals surface area contributed by atoms with Gasteiger partial charge in [0.2, 0.25) is 18.4 Å². The summed E-state index contributed by atoms with van der Waals surface area (Å²) < 4.78 is 34.0. The Morgan fingerprint density at radius 2 is 1.21 bits per heavy atom. The molecule has 1 unspecified atom stereocenters. The van der Waals surface area contributed by atoms with Crippen molar-refractivity contribution in [3.8, 4) is 0 Å². The lowest BCUT2D eigenvalue weighted by molar-refractivity contribution is -0.944. The van der Waals surface area contributed by atoms with E-state index in [9.17, 15) is 19.2 Å². The topological polar surface area (TPSA) is 124 Å². The third-order valence-corrected chi connectivity index (χ3v) is 6.70. The summed E-state index contributed by atoms with van der Waals surface area (Å²) in [6.45, 7) is 4.07. The predicted octanol–water partition coefficient (Wildman–Crippen LogP) is -0.434. The molecule has 0 saturated carbocycles. The second-order valence-corrected chi connectivity index (χ2v) is 10.3. The van der Waals surface area contributed by atoms with Gasteiger partial charge in [-0.05, 0) is 11.1 Å². The molecule has 3 rings (SSSR count). The van der Waals surface area contributed by atoms with E-state index in [0.29, 0.717) is 6.54 Å². The van der Waals surface area contributed by atoms with Crippen LogP contribution in [0.15, 0.2) is 60.7 Å². The second kappa shape index (κ2) is 15.8. The molecule has 1 aliphatic heterocycles. The molecule has 0 bridgehead atoms. The van der Waals surface area contributed by atoms with Crippen molar-refractivity contribution in [2.45, 2.75) is 57.5 Å². The van der Waals surface area contributed by atoms with E-state index in [2.05, 4.69) is 0 Å². The lowest BCUT2D eigenvalue weighted by atomic mass is 9.95.